The van der Waals surface area contributed by atoms with Gasteiger partial charge < -0.3 is 15.1 Å². The fourth-order valence-electron chi connectivity index (χ4n) is 2.74. The van der Waals surface area contributed by atoms with Gasteiger partial charge in [-0.25, -0.2) is 0 Å². The summed E-state index contributed by atoms with van der Waals surface area (Å²) >= 11 is 0. The van der Waals surface area contributed by atoms with Crippen molar-refractivity contribution in [1.29, 1.82) is 0 Å². The first-order valence-corrected chi connectivity index (χ1v) is 7.71. The van der Waals surface area contributed by atoms with Crippen LogP contribution < -0.4 is 5.32 Å². The van der Waals surface area contributed by atoms with E-state index in [1.165, 1.54) is 58.3 Å². The molecule has 1 rings (SSSR count). The smallest absolute Gasteiger partial charge is 0.0220 e. The van der Waals surface area contributed by atoms with Crippen molar-refractivity contribution in [2.45, 2.75) is 58.0 Å². The molecule has 1 atom stereocenters. The van der Waals surface area contributed by atoms with Gasteiger partial charge in [0.05, 0.1) is 0 Å². The Bertz CT molecular complexity index is 206. The summed E-state index contributed by atoms with van der Waals surface area (Å²) in [6.07, 6.45) is 6.78. The van der Waals surface area contributed by atoms with Crippen molar-refractivity contribution in [3.05, 3.63) is 0 Å². The van der Waals surface area contributed by atoms with Gasteiger partial charge in [0.1, 0.15) is 0 Å². The fourth-order valence-corrected chi connectivity index (χ4v) is 2.74. The second-order valence-corrected chi connectivity index (χ2v) is 6.21. The van der Waals surface area contributed by atoms with Gasteiger partial charge in [-0.1, -0.05) is 20.3 Å². The Morgan fingerprint density at radius 1 is 1.28 bits per heavy atom. The maximum absolute atomic E-state index is 3.48. The number of hydrogen-bond acceptors (Lipinski definition) is 3. The summed E-state index contributed by atoms with van der Waals surface area (Å²) in [7, 11) is 4.54. The van der Waals surface area contributed by atoms with Gasteiger partial charge in [0, 0.05) is 18.6 Å². The molecule has 1 unspecified atom stereocenters. The van der Waals surface area contributed by atoms with Crippen LogP contribution in [0.4, 0.5) is 0 Å². The van der Waals surface area contributed by atoms with Crippen LogP contribution in [0.25, 0.3) is 0 Å². The Hall–Kier alpha value is -0.120. The molecule has 3 nitrogen and oxygen atoms in total. The van der Waals surface area contributed by atoms with Crippen molar-refractivity contribution in [1.82, 2.24) is 15.1 Å². The molecular formula is C15H33N3. The van der Waals surface area contributed by atoms with E-state index in [1.54, 1.807) is 0 Å². The Morgan fingerprint density at radius 3 is 2.67 bits per heavy atom. The molecule has 18 heavy (non-hydrogen) atoms. The van der Waals surface area contributed by atoms with Crippen LogP contribution in [0.1, 0.15) is 46.0 Å². The number of likely N-dealkylation sites (tertiary alicyclic amines) is 1. The molecule has 0 amide bonds. The van der Waals surface area contributed by atoms with Gasteiger partial charge in [-0.3, -0.25) is 0 Å². The van der Waals surface area contributed by atoms with E-state index >= 15 is 0 Å². The molecule has 1 aliphatic heterocycles. The summed E-state index contributed by atoms with van der Waals surface area (Å²) in [4.78, 5) is 5.03. The molecule has 0 aromatic carbocycles. The van der Waals surface area contributed by atoms with Gasteiger partial charge in [-0.2, -0.15) is 0 Å². The van der Waals surface area contributed by atoms with Crippen LogP contribution in [-0.2, 0) is 0 Å². The predicted molar refractivity (Wildman–Crippen MR) is 80.1 cm³/mol. The molecule has 1 aliphatic rings. The van der Waals surface area contributed by atoms with Crippen LogP contribution in [0.3, 0.4) is 0 Å². The highest BCUT2D eigenvalue weighted by molar-refractivity contribution is 4.78. The third kappa shape index (κ3) is 6.72. The molecule has 1 heterocycles. The summed E-state index contributed by atoms with van der Waals surface area (Å²) in [5.74, 6) is 0. The third-order valence-corrected chi connectivity index (χ3v) is 3.96. The van der Waals surface area contributed by atoms with Crippen molar-refractivity contribution in [2.24, 2.45) is 0 Å². The van der Waals surface area contributed by atoms with Crippen LogP contribution in [0.5, 0.6) is 0 Å². The quantitative estimate of drug-likeness (QED) is 0.637. The second-order valence-electron chi connectivity index (χ2n) is 6.21. The van der Waals surface area contributed by atoms with E-state index in [0.29, 0.717) is 6.04 Å². The van der Waals surface area contributed by atoms with Crippen LogP contribution in [0, 0.1) is 0 Å². The monoisotopic (exact) mass is 255 g/mol. The Kier molecular flexibility index (Phi) is 7.87. The number of unbranched alkanes of at least 4 members (excludes halogenated alkanes) is 2. The van der Waals surface area contributed by atoms with E-state index in [0.717, 1.165) is 6.04 Å². The molecule has 1 saturated heterocycles. The molecule has 0 aliphatic carbocycles. The number of likely N-dealkylation sites (N-methyl/N-ethyl adjacent to an activating group) is 2. The highest BCUT2D eigenvalue weighted by Gasteiger charge is 2.21. The summed E-state index contributed by atoms with van der Waals surface area (Å²) in [5, 5.41) is 3.48. The SMILES string of the molecule is CC(C)NCCCCCN(C)CC1CCCN1C. The molecule has 1 fully saturated rings. The zero-order chi connectivity index (χ0) is 13.4. The molecule has 0 bridgehead atoms. The summed E-state index contributed by atoms with van der Waals surface area (Å²) < 4.78 is 0. The van der Waals surface area contributed by atoms with Gasteiger partial charge in [-0.15, -0.1) is 0 Å². The molecule has 0 spiro atoms. The highest BCUT2D eigenvalue weighted by atomic mass is 15.2. The molecule has 0 saturated carbocycles. The first-order valence-electron chi connectivity index (χ1n) is 7.71. The maximum atomic E-state index is 3.48. The first-order chi connectivity index (χ1) is 8.59. The van der Waals surface area contributed by atoms with Crippen LogP contribution in [0.15, 0.2) is 0 Å². The van der Waals surface area contributed by atoms with Gasteiger partial charge in [0.15, 0.2) is 0 Å². The average molecular weight is 255 g/mol. The fraction of sp³-hybridized carbons (Fsp3) is 1.00. The topological polar surface area (TPSA) is 18.5 Å². The lowest BCUT2D eigenvalue weighted by atomic mass is 10.2. The molecule has 3 heteroatoms. The van der Waals surface area contributed by atoms with E-state index < -0.39 is 0 Å². The summed E-state index contributed by atoms with van der Waals surface area (Å²) in [5.41, 5.74) is 0. The molecular weight excluding hydrogens is 222 g/mol. The summed E-state index contributed by atoms with van der Waals surface area (Å²) in [6, 6.07) is 1.43. The Balaban J connectivity index is 1.95. The second kappa shape index (κ2) is 8.89. The Labute approximate surface area is 114 Å². The zero-order valence-electron chi connectivity index (χ0n) is 12.9. The minimum atomic E-state index is 0.630. The van der Waals surface area contributed by atoms with E-state index in [2.05, 4.69) is 43.1 Å². The lowest BCUT2D eigenvalue weighted by Crippen LogP contribution is -2.37. The van der Waals surface area contributed by atoms with Crippen molar-refractivity contribution in [3.8, 4) is 0 Å². The molecule has 0 aromatic rings. The largest absolute Gasteiger partial charge is 0.315 e. The van der Waals surface area contributed by atoms with E-state index in [1.807, 2.05) is 0 Å². The first kappa shape index (κ1) is 15.9. The number of hydrogen-bond donors (Lipinski definition) is 1. The lowest BCUT2D eigenvalue weighted by molar-refractivity contribution is 0.217. The van der Waals surface area contributed by atoms with Gasteiger partial charge >= 0.3 is 0 Å². The summed E-state index contributed by atoms with van der Waals surface area (Å²) in [6.45, 7) is 9.40. The average Bonchev–Trinajstić information content (AvgIpc) is 2.69. The predicted octanol–water partition coefficient (Wildman–Crippen LogP) is 2.18. The molecule has 0 aromatic heterocycles. The lowest BCUT2D eigenvalue weighted by Gasteiger charge is -2.25. The van der Waals surface area contributed by atoms with E-state index in [9.17, 15) is 0 Å². The zero-order valence-corrected chi connectivity index (χ0v) is 12.9. The van der Waals surface area contributed by atoms with Gasteiger partial charge in [-0.05, 0) is 59.4 Å². The van der Waals surface area contributed by atoms with Gasteiger partial charge in [0.2, 0.25) is 0 Å². The number of rotatable bonds is 9. The highest BCUT2D eigenvalue weighted by Crippen LogP contribution is 2.15. The van der Waals surface area contributed by atoms with Crippen molar-refractivity contribution >= 4 is 0 Å². The third-order valence-electron chi connectivity index (χ3n) is 3.96. The van der Waals surface area contributed by atoms with Gasteiger partial charge in [0.25, 0.3) is 0 Å². The molecule has 0 radical (unpaired) electrons. The minimum Gasteiger partial charge on any atom is -0.315 e. The van der Waals surface area contributed by atoms with Crippen LogP contribution >= 0.6 is 0 Å². The number of nitrogens with one attached hydrogen (secondary N) is 1. The van der Waals surface area contributed by atoms with Crippen LogP contribution in [0.2, 0.25) is 0 Å². The van der Waals surface area contributed by atoms with E-state index in [4.69, 9.17) is 0 Å². The number of nitrogens with zero attached hydrogens (tertiary/aromatic N) is 2. The van der Waals surface area contributed by atoms with Crippen LogP contribution in [-0.4, -0.2) is 62.2 Å². The van der Waals surface area contributed by atoms with Crippen molar-refractivity contribution < 1.29 is 0 Å². The maximum Gasteiger partial charge on any atom is 0.0220 e. The van der Waals surface area contributed by atoms with Crippen molar-refractivity contribution in [2.75, 3.05) is 40.3 Å². The minimum absolute atomic E-state index is 0.630. The van der Waals surface area contributed by atoms with E-state index in [-0.39, 0.29) is 0 Å². The molecule has 1 N–H and O–H groups in total. The van der Waals surface area contributed by atoms with Crippen molar-refractivity contribution in [3.63, 3.8) is 0 Å². The Morgan fingerprint density at radius 2 is 2.06 bits per heavy atom. The molecule has 108 valence electrons. The normalized spacial score (nSPS) is 21.3. The standard InChI is InChI=1S/C15H33N3/c1-14(2)16-10-6-5-7-11-17(3)13-15-9-8-12-18(15)4/h14-16H,5-13H2,1-4H3.